The number of carbonyl (C=O) groups is 1. The Hall–Kier alpha value is -0.630. The highest BCUT2D eigenvalue weighted by molar-refractivity contribution is 7.91. The van der Waals surface area contributed by atoms with Crippen molar-refractivity contribution < 1.29 is 13.2 Å². The lowest BCUT2D eigenvalue weighted by Gasteiger charge is -2.35. The highest BCUT2D eigenvalue weighted by Crippen LogP contribution is 2.31. The number of rotatable bonds is 3. The normalized spacial score (nSPS) is 18.3. The third-order valence-electron chi connectivity index (χ3n) is 2.39. The summed E-state index contributed by atoms with van der Waals surface area (Å²) in [5.74, 6) is -0.833. The molecule has 1 aliphatic heterocycles. The smallest absolute Gasteiger partial charge is 0.252 e. The molecule has 0 radical (unpaired) electrons. The second-order valence-electron chi connectivity index (χ2n) is 3.48. The van der Waals surface area contributed by atoms with Crippen molar-refractivity contribution in [1.82, 2.24) is 4.31 Å². The van der Waals surface area contributed by atoms with Gasteiger partial charge in [0.15, 0.2) is 0 Å². The molecule has 0 spiro atoms. The minimum Gasteiger partial charge on any atom is -0.369 e. The Morgan fingerprint density at radius 3 is 2.56 bits per heavy atom. The molecule has 1 aromatic heterocycles. The molecule has 2 heterocycles. The maximum absolute atomic E-state index is 11.9. The van der Waals surface area contributed by atoms with E-state index in [9.17, 15) is 13.2 Å². The standard InChI is InChI=1S/C8H9ClN2O3S2/c9-6-1-2-7(15-6)16(13,14)11-3-5(4-11)8(10)12/h1-2,5H,3-4H2,(H2,10,12). The summed E-state index contributed by atoms with van der Waals surface area (Å²) in [4.78, 5) is 10.8. The number of halogens is 1. The molecule has 0 saturated carbocycles. The molecule has 1 amide bonds. The average Bonchev–Trinajstić information content (AvgIpc) is 2.47. The van der Waals surface area contributed by atoms with E-state index in [1.54, 1.807) is 0 Å². The average molecular weight is 281 g/mol. The Morgan fingerprint density at radius 1 is 1.50 bits per heavy atom. The predicted molar refractivity (Wildman–Crippen MR) is 60.8 cm³/mol. The topological polar surface area (TPSA) is 80.5 Å². The largest absolute Gasteiger partial charge is 0.369 e. The fourth-order valence-corrected chi connectivity index (χ4v) is 4.55. The molecule has 2 N–H and O–H groups in total. The maximum Gasteiger partial charge on any atom is 0.252 e. The van der Waals surface area contributed by atoms with Gasteiger partial charge >= 0.3 is 0 Å². The molecule has 0 atom stereocenters. The molecule has 1 fully saturated rings. The van der Waals surface area contributed by atoms with E-state index < -0.39 is 15.9 Å². The van der Waals surface area contributed by atoms with E-state index in [2.05, 4.69) is 0 Å². The van der Waals surface area contributed by atoms with Gasteiger partial charge in [0.1, 0.15) is 4.21 Å². The van der Waals surface area contributed by atoms with E-state index in [-0.39, 0.29) is 23.2 Å². The van der Waals surface area contributed by atoms with Crippen LogP contribution in [0.15, 0.2) is 16.3 Å². The van der Waals surface area contributed by atoms with Crippen LogP contribution in [0.4, 0.5) is 0 Å². The summed E-state index contributed by atoms with van der Waals surface area (Å²) >= 11 is 6.67. The lowest BCUT2D eigenvalue weighted by Crippen LogP contribution is -2.54. The van der Waals surface area contributed by atoms with E-state index in [0.717, 1.165) is 11.3 Å². The van der Waals surface area contributed by atoms with Crippen LogP contribution in [0.5, 0.6) is 0 Å². The Balaban J connectivity index is 2.14. The number of hydrogen-bond acceptors (Lipinski definition) is 4. The third kappa shape index (κ3) is 1.95. The van der Waals surface area contributed by atoms with Crippen molar-refractivity contribution in [2.75, 3.05) is 13.1 Å². The molecule has 16 heavy (non-hydrogen) atoms. The summed E-state index contributed by atoms with van der Waals surface area (Å²) in [6, 6.07) is 2.99. The quantitative estimate of drug-likeness (QED) is 0.876. The number of nitrogens with zero attached hydrogens (tertiary/aromatic N) is 1. The van der Waals surface area contributed by atoms with Crippen LogP contribution in [-0.4, -0.2) is 31.7 Å². The van der Waals surface area contributed by atoms with Gasteiger partial charge in [-0.05, 0) is 12.1 Å². The van der Waals surface area contributed by atoms with Gasteiger partial charge in [0.05, 0.1) is 10.3 Å². The second-order valence-corrected chi connectivity index (χ2v) is 7.36. The van der Waals surface area contributed by atoms with E-state index in [4.69, 9.17) is 17.3 Å². The molecule has 8 heteroatoms. The molecule has 0 aromatic carbocycles. The SMILES string of the molecule is NC(=O)C1CN(S(=O)(=O)c2ccc(Cl)s2)C1. The van der Waals surface area contributed by atoms with Crippen molar-refractivity contribution in [2.24, 2.45) is 11.7 Å². The molecule has 0 unspecified atom stereocenters. The third-order valence-corrected chi connectivity index (χ3v) is 5.92. The lowest BCUT2D eigenvalue weighted by atomic mass is 10.0. The van der Waals surface area contributed by atoms with Crippen molar-refractivity contribution in [3.05, 3.63) is 16.5 Å². The molecule has 1 aromatic rings. The molecule has 2 rings (SSSR count). The highest BCUT2D eigenvalue weighted by atomic mass is 35.5. The summed E-state index contributed by atoms with van der Waals surface area (Å²) in [7, 11) is -3.49. The van der Waals surface area contributed by atoms with Gasteiger partial charge in [-0.1, -0.05) is 11.6 Å². The van der Waals surface area contributed by atoms with Crippen LogP contribution >= 0.6 is 22.9 Å². The Labute approximate surface area is 102 Å². The lowest BCUT2D eigenvalue weighted by molar-refractivity contribution is -0.124. The fourth-order valence-electron chi connectivity index (χ4n) is 1.38. The highest BCUT2D eigenvalue weighted by Gasteiger charge is 2.40. The summed E-state index contributed by atoms with van der Waals surface area (Å²) in [5, 5.41) is 0. The summed E-state index contributed by atoms with van der Waals surface area (Å²) < 4.78 is 25.7. The second kappa shape index (κ2) is 3.99. The predicted octanol–water partition coefficient (Wildman–Crippen LogP) is 0.507. The van der Waals surface area contributed by atoms with Crippen molar-refractivity contribution in [1.29, 1.82) is 0 Å². The zero-order chi connectivity index (χ0) is 11.9. The first kappa shape index (κ1) is 11.8. The van der Waals surface area contributed by atoms with Gasteiger partial charge in [-0.25, -0.2) is 8.42 Å². The zero-order valence-electron chi connectivity index (χ0n) is 8.09. The van der Waals surface area contributed by atoms with Gasteiger partial charge in [0, 0.05) is 13.1 Å². The van der Waals surface area contributed by atoms with Crippen molar-refractivity contribution >= 4 is 38.9 Å². The van der Waals surface area contributed by atoms with Crippen LogP contribution in [0.1, 0.15) is 0 Å². The summed E-state index contributed by atoms with van der Waals surface area (Å²) in [5.41, 5.74) is 5.07. The van der Waals surface area contributed by atoms with Gasteiger partial charge in [0.25, 0.3) is 10.0 Å². The van der Waals surface area contributed by atoms with Crippen LogP contribution in [0, 0.1) is 5.92 Å². The molecule has 88 valence electrons. The minimum atomic E-state index is -3.49. The van der Waals surface area contributed by atoms with Gasteiger partial charge < -0.3 is 5.73 Å². The summed E-state index contributed by atoms with van der Waals surface area (Å²) in [6.45, 7) is 0.320. The molecular formula is C8H9ClN2O3S2. The number of amides is 1. The number of primary amides is 1. The maximum atomic E-state index is 11.9. The van der Waals surface area contributed by atoms with Crippen LogP contribution in [0.2, 0.25) is 4.34 Å². The van der Waals surface area contributed by atoms with Gasteiger partial charge in [0.2, 0.25) is 5.91 Å². The number of nitrogens with two attached hydrogens (primary N) is 1. The molecular weight excluding hydrogens is 272 g/mol. The van der Waals surface area contributed by atoms with Crippen LogP contribution < -0.4 is 5.73 Å². The first-order valence-electron chi connectivity index (χ1n) is 4.46. The van der Waals surface area contributed by atoms with Gasteiger partial charge in [-0.3, -0.25) is 4.79 Å². The number of carbonyl (C=O) groups excluding carboxylic acids is 1. The molecule has 1 aliphatic rings. The first-order valence-corrected chi connectivity index (χ1v) is 7.09. The number of thiophene rings is 1. The van der Waals surface area contributed by atoms with E-state index >= 15 is 0 Å². The van der Waals surface area contributed by atoms with Gasteiger partial charge in [-0.15, -0.1) is 11.3 Å². The van der Waals surface area contributed by atoms with E-state index in [1.165, 1.54) is 16.4 Å². The fraction of sp³-hybridized carbons (Fsp3) is 0.375. The molecule has 0 aliphatic carbocycles. The Morgan fingerprint density at radius 2 is 2.12 bits per heavy atom. The van der Waals surface area contributed by atoms with Crippen LogP contribution in [-0.2, 0) is 14.8 Å². The van der Waals surface area contributed by atoms with Crippen molar-refractivity contribution in [3.8, 4) is 0 Å². The zero-order valence-corrected chi connectivity index (χ0v) is 10.5. The van der Waals surface area contributed by atoms with E-state index in [1.807, 2.05) is 0 Å². The summed E-state index contributed by atoms with van der Waals surface area (Å²) in [6.07, 6.45) is 0. The molecule has 1 saturated heterocycles. The van der Waals surface area contributed by atoms with Gasteiger partial charge in [-0.2, -0.15) is 4.31 Å². The van der Waals surface area contributed by atoms with Crippen LogP contribution in [0.25, 0.3) is 0 Å². The number of hydrogen-bond donors (Lipinski definition) is 1. The monoisotopic (exact) mass is 280 g/mol. The van der Waals surface area contributed by atoms with E-state index in [0.29, 0.717) is 4.34 Å². The molecule has 0 bridgehead atoms. The first-order chi connectivity index (χ1) is 7.41. The minimum absolute atomic E-state index is 0.160. The van der Waals surface area contributed by atoms with Crippen molar-refractivity contribution in [3.63, 3.8) is 0 Å². The van der Waals surface area contributed by atoms with Crippen LogP contribution in [0.3, 0.4) is 0 Å². The Kier molecular flexibility index (Phi) is 2.95. The number of sulfonamides is 1. The molecule has 5 nitrogen and oxygen atoms in total. The van der Waals surface area contributed by atoms with Crippen molar-refractivity contribution in [2.45, 2.75) is 4.21 Å². The Bertz CT molecular complexity index is 519.